The molecule has 0 unspecified atom stereocenters. The number of furan rings is 1. The van der Waals surface area contributed by atoms with Crippen molar-refractivity contribution in [2.24, 2.45) is 4.99 Å². The van der Waals surface area contributed by atoms with Crippen LogP contribution in [0.15, 0.2) is 68.9 Å². The van der Waals surface area contributed by atoms with Crippen molar-refractivity contribution >= 4 is 80.4 Å². The van der Waals surface area contributed by atoms with Crippen LogP contribution in [-0.2, 0) is 4.79 Å². The number of amides is 1. The van der Waals surface area contributed by atoms with Crippen molar-refractivity contribution in [1.82, 2.24) is 5.32 Å². The fraction of sp³-hybridized carbons (Fsp3) is 0. The molecule has 0 aliphatic carbocycles. The Morgan fingerprint density at radius 2 is 1.93 bits per heavy atom. The van der Waals surface area contributed by atoms with Crippen LogP contribution in [0.1, 0.15) is 5.76 Å². The average molecular weight is 541 g/mol. The molecule has 1 aliphatic rings. The van der Waals surface area contributed by atoms with E-state index in [0.29, 0.717) is 37.2 Å². The van der Waals surface area contributed by atoms with Crippen molar-refractivity contribution in [3.8, 4) is 11.3 Å². The lowest BCUT2D eigenvalue weighted by atomic mass is 10.2. The summed E-state index contributed by atoms with van der Waals surface area (Å²) in [5.41, 5.74) is 1.48. The van der Waals surface area contributed by atoms with Crippen molar-refractivity contribution in [2.45, 2.75) is 0 Å². The van der Waals surface area contributed by atoms with Crippen LogP contribution < -0.4 is 5.32 Å². The molecular weight excluding hydrogens is 530 g/mol. The summed E-state index contributed by atoms with van der Waals surface area (Å²) >= 11 is 15.8. The van der Waals surface area contributed by atoms with Crippen molar-refractivity contribution in [3.05, 3.63) is 78.9 Å². The molecule has 4 rings (SSSR count). The van der Waals surface area contributed by atoms with Gasteiger partial charge in [-0.2, -0.15) is 0 Å². The first-order valence-electron chi connectivity index (χ1n) is 8.09. The minimum Gasteiger partial charge on any atom is -0.457 e. The number of aliphatic imine (C=N–C) groups is 1. The number of amidine groups is 1. The average Bonchev–Trinajstić information content (AvgIpc) is 3.25. The van der Waals surface area contributed by atoms with Gasteiger partial charge in [-0.25, -0.2) is 4.99 Å². The fourth-order valence-corrected chi connectivity index (χ4v) is 4.28. The highest BCUT2D eigenvalue weighted by atomic mass is 127. The highest BCUT2D eigenvalue weighted by molar-refractivity contribution is 14.1. The third-order valence-corrected chi connectivity index (χ3v) is 6.21. The van der Waals surface area contributed by atoms with Crippen LogP contribution >= 0.6 is 57.6 Å². The van der Waals surface area contributed by atoms with Gasteiger partial charge in [-0.1, -0.05) is 35.3 Å². The summed E-state index contributed by atoms with van der Waals surface area (Å²) in [5.74, 6) is 0.905. The highest BCUT2D eigenvalue weighted by Gasteiger charge is 2.24. The monoisotopic (exact) mass is 540 g/mol. The van der Waals surface area contributed by atoms with E-state index in [4.69, 9.17) is 27.6 Å². The highest BCUT2D eigenvalue weighted by Crippen LogP contribution is 2.35. The lowest BCUT2D eigenvalue weighted by Crippen LogP contribution is -2.19. The van der Waals surface area contributed by atoms with Crippen molar-refractivity contribution in [1.29, 1.82) is 0 Å². The van der Waals surface area contributed by atoms with E-state index >= 15 is 0 Å². The largest absolute Gasteiger partial charge is 0.457 e. The number of carbonyl (C=O) groups is 1. The van der Waals surface area contributed by atoms with Gasteiger partial charge in [0.2, 0.25) is 0 Å². The maximum Gasteiger partial charge on any atom is 0.264 e. The van der Waals surface area contributed by atoms with Crippen LogP contribution in [-0.4, -0.2) is 11.1 Å². The molecule has 2 heterocycles. The number of halogens is 3. The van der Waals surface area contributed by atoms with E-state index in [9.17, 15) is 4.79 Å². The summed E-state index contributed by atoms with van der Waals surface area (Å²) in [7, 11) is 0. The molecule has 1 N–H and O–H groups in total. The fourth-order valence-electron chi connectivity index (χ4n) is 2.54. The Kier molecular flexibility index (Phi) is 5.82. The van der Waals surface area contributed by atoms with Gasteiger partial charge in [0.1, 0.15) is 11.5 Å². The number of thioether (sulfide) groups is 1. The third-order valence-electron chi connectivity index (χ3n) is 3.81. The Balaban J connectivity index is 1.57. The number of nitrogens with one attached hydrogen (secondary N) is 1. The summed E-state index contributed by atoms with van der Waals surface area (Å²) in [6, 6.07) is 16.6. The van der Waals surface area contributed by atoms with Gasteiger partial charge in [-0.15, -0.1) is 0 Å². The van der Waals surface area contributed by atoms with Gasteiger partial charge in [0, 0.05) is 15.2 Å². The maximum absolute atomic E-state index is 12.3. The van der Waals surface area contributed by atoms with Gasteiger partial charge in [0.05, 0.1) is 20.6 Å². The van der Waals surface area contributed by atoms with Crippen LogP contribution in [0.2, 0.25) is 10.0 Å². The second-order valence-electron chi connectivity index (χ2n) is 5.76. The molecule has 0 spiro atoms. The smallest absolute Gasteiger partial charge is 0.264 e. The van der Waals surface area contributed by atoms with E-state index in [0.717, 1.165) is 9.26 Å². The van der Waals surface area contributed by atoms with Crippen LogP contribution in [0.25, 0.3) is 17.4 Å². The predicted molar refractivity (Wildman–Crippen MR) is 124 cm³/mol. The molecule has 140 valence electrons. The first kappa shape index (κ1) is 19.6. The van der Waals surface area contributed by atoms with E-state index in [1.807, 2.05) is 30.3 Å². The number of hydrogen-bond acceptors (Lipinski definition) is 4. The Hall–Kier alpha value is -1.74. The molecule has 1 aromatic heterocycles. The van der Waals surface area contributed by atoms with Crippen LogP contribution in [0.4, 0.5) is 5.69 Å². The number of hydrogen-bond donors (Lipinski definition) is 1. The first-order valence-corrected chi connectivity index (χ1v) is 10.7. The molecule has 4 nitrogen and oxygen atoms in total. The SMILES string of the molecule is O=C1NC(=Nc2cccc(I)c2)S/C1=C/c1ccc(-c2cccc(Cl)c2Cl)o1. The molecule has 0 radical (unpaired) electrons. The molecule has 0 saturated carbocycles. The Bertz CT molecular complexity index is 1140. The molecule has 28 heavy (non-hydrogen) atoms. The molecule has 1 amide bonds. The maximum atomic E-state index is 12.3. The van der Waals surface area contributed by atoms with Crippen LogP contribution in [0.3, 0.4) is 0 Å². The molecule has 0 atom stereocenters. The zero-order chi connectivity index (χ0) is 19.7. The molecule has 8 heteroatoms. The Labute approximate surface area is 189 Å². The third kappa shape index (κ3) is 4.30. The van der Waals surface area contributed by atoms with Gasteiger partial charge in [-0.05, 0) is 76.8 Å². The summed E-state index contributed by atoms with van der Waals surface area (Å²) in [4.78, 5) is 17.2. The number of rotatable bonds is 3. The molecular formula is C20H11Cl2IN2O2S. The zero-order valence-corrected chi connectivity index (χ0v) is 18.6. The van der Waals surface area contributed by atoms with Crippen molar-refractivity contribution in [2.75, 3.05) is 0 Å². The first-order chi connectivity index (χ1) is 13.5. The Morgan fingerprint density at radius 3 is 2.75 bits per heavy atom. The second-order valence-corrected chi connectivity index (χ2v) is 8.83. The molecule has 0 bridgehead atoms. The minimum atomic E-state index is -0.215. The van der Waals surface area contributed by atoms with Gasteiger partial charge in [0.25, 0.3) is 5.91 Å². The van der Waals surface area contributed by atoms with Gasteiger partial charge < -0.3 is 9.73 Å². The summed E-state index contributed by atoms with van der Waals surface area (Å²) < 4.78 is 6.91. The molecule has 1 aliphatic heterocycles. The minimum absolute atomic E-state index is 0.215. The van der Waals surface area contributed by atoms with Gasteiger partial charge in [-0.3, -0.25) is 4.79 Å². The molecule has 2 aromatic carbocycles. The second kappa shape index (κ2) is 8.32. The lowest BCUT2D eigenvalue weighted by molar-refractivity contribution is -0.115. The van der Waals surface area contributed by atoms with E-state index < -0.39 is 0 Å². The van der Waals surface area contributed by atoms with Crippen molar-refractivity contribution in [3.63, 3.8) is 0 Å². The summed E-state index contributed by atoms with van der Waals surface area (Å²) in [6.45, 7) is 0. The van der Waals surface area contributed by atoms with E-state index in [1.165, 1.54) is 11.8 Å². The molecule has 3 aromatic rings. The van der Waals surface area contributed by atoms with E-state index in [-0.39, 0.29) is 5.91 Å². The van der Waals surface area contributed by atoms with Crippen LogP contribution in [0.5, 0.6) is 0 Å². The van der Waals surface area contributed by atoms with E-state index in [1.54, 1.807) is 30.3 Å². The number of benzene rings is 2. The summed E-state index contributed by atoms with van der Waals surface area (Å²) in [5, 5.41) is 4.19. The number of nitrogens with zero attached hydrogens (tertiary/aromatic N) is 1. The lowest BCUT2D eigenvalue weighted by Gasteiger charge is -2.01. The number of carbonyl (C=O) groups excluding carboxylic acids is 1. The van der Waals surface area contributed by atoms with Gasteiger partial charge in [0.15, 0.2) is 5.17 Å². The Morgan fingerprint density at radius 1 is 1.11 bits per heavy atom. The zero-order valence-electron chi connectivity index (χ0n) is 14.1. The standard InChI is InChI=1S/C20H11Cl2IN2O2S/c21-15-6-2-5-14(18(15)22)16-8-7-13(27-16)10-17-19(26)25-20(28-17)24-12-4-1-3-11(23)9-12/h1-10H,(H,24,25,26)/b17-10+. The topological polar surface area (TPSA) is 54.6 Å². The van der Waals surface area contributed by atoms with Crippen molar-refractivity contribution < 1.29 is 9.21 Å². The summed E-state index contributed by atoms with van der Waals surface area (Å²) in [6.07, 6.45) is 1.68. The quantitative estimate of drug-likeness (QED) is 0.295. The normalized spacial score (nSPS) is 16.8. The van der Waals surface area contributed by atoms with Crippen LogP contribution in [0, 0.1) is 3.57 Å². The van der Waals surface area contributed by atoms with Gasteiger partial charge >= 0.3 is 0 Å². The molecule has 1 saturated heterocycles. The molecule has 1 fully saturated rings. The predicted octanol–water partition coefficient (Wildman–Crippen LogP) is 6.75. The van der Waals surface area contributed by atoms with E-state index in [2.05, 4.69) is 32.9 Å².